The molecule has 0 aromatic heterocycles. The second-order valence-corrected chi connectivity index (χ2v) is 13.2. The zero-order valence-electron chi connectivity index (χ0n) is 27.4. The number of ether oxygens (including phenoxy) is 2. The first-order valence-corrected chi connectivity index (χ1v) is 16.6. The molecule has 0 bridgehead atoms. The summed E-state index contributed by atoms with van der Waals surface area (Å²) in [5.74, 6) is 1.43. The largest absolute Gasteiger partial charge is 0.480 e. The lowest BCUT2D eigenvalue weighted by Gasteiger charge is -2.38. The molecule has 8 heteroatoms. The molecular formula is C37H50FN3O4. The molecule has 0 spiro atoms. The fourth-order valence-electron chi connectivity index (χ4n) is 7.45. The molecule has 3 aliphatic rings. The summed E-state index contributed by atoms with van der Waals surface area (Å²) in [5, 5.41) is 10.1. The average Bonchev–Trinajstić information content (AvgIpc) is 3.66. The van der Waals surface area contributed by atoms with Gasteiger partial charge in [-0.3, -0.25) is 9.69 Å². The third-order valence-corrected chi connectivity index (χ3v) is 10.2. The number of fused-ring (bicyclic) bond motifs is 1. The molecule has 2 aromatic rings. The topological polar surface area (TPSA) is 65.5 Å². The summed E-state index contributed by atoms with van der Waals surface area (Å²) in [6, 6.07) is 12.5. The molecule has 2 fully saturated rings. The third kappa shape index (κ3) is 7.90. The second kappa shape index (κ2) is 14.8. The summed E-state index contributed by atoms with van der Waals surface area (Å²) in [6.45, 7) is 16.1. The predicted octanol–water partition coefficient (Wildman–Crippen LogP) is 6.42. The third-order valence-electron chi connectivity index (χ3n) is 10.2. The standard InChI is InChI=1S/C37H50FN3O4/c1-6-26(4)36(37(42)43)41-22-30(32(23-41)29-9-8-10-31(38)20-29)21-40-15-13-28(14-16-40)33(39(5)7-2)18-25(3)17-27-11-12-34-35(19-27)45-24-44-34/h8-12,18-20,26,28,30,32,36H,3,6-7,13-17,21-24H2,1-2,4-5H3,(H,42,43)/b33-18-/t26?,30-,32?,36?/m0/s1. The van der Waals surface area contributed by atoms with Crippen LogP contribution in [-0.2, 0) is 11.2 Å². The highest BCUT2D eigenvalue weighted by atomic mass is 19.1. The van der Waals surface area contributed by atoms with Gasteiger partial charge in [0.05, 0.1) is 0 Å². The second-order valence-electron chi connectivity index (χ2n) is 13.2. The number of carboxylic acids is 1. The van der Waals surface area contributed by atoms with Crippen LogP contribution in [-0.4, -0.2) is 84.9 Å². The summed E-state index contributed by atoms with van der Waals surface area (Å²) < 4.78 is 25.3. The Morgan fingerprint density at radius 1 is 1.13 bits per heavy atom. The molecule has 2 aromatic carbocycles. The molecule has 2 saturated heterocycles. The van der Waals surface area contributed by atoms with Gasteiger partial charge in [-0.2, -0.15) is 0 Å². The Labute approximate surface area is 268 Å². The number of aliphatic carboxylic acids is 1. The summed E-state index contributed by atoms with van der Waals surface area (Å²) in [4.78, 5) is 19.4. The molecule has 3 heterocycles. The molecule has 0 radical (unpaired) electrons. The van der Waals surface area contributed by atoms with E-state index in [-0.39, 0.29) is 30.4 Å². The summed E-state index contributed by atoms with van der Waals surface area (Å²) >= 11 is 0. The van der Waals surface area contributed by atoms with E-state index in [9.17, 15) is 14.3 Å². The number of halogens is 1. The van der Waals surface area contributed by atoms with E-state index in [2.05, 4.69) is 47.4 Å². The maximum absolute atomic E-state index is 14.3. The van der Waals surface area contributed by atoms with Crippen LogP contribution >= 0.6 is 0 Å². The van der Waals surface area contributed by atoms with Crippen LogP contribution in [0.1, 0.15) is 57.1 Å². The normalized spacial score (nSPS) is 22.4. The van der Waals surface area contributed by atoms with Crippen LogP contribution < -0.4 is 9.47 Å². The van der Waals surface area contributed by atoms with Crippen molar-refractivity contribution in [2.24, 2.45) is 17.8 Å². The van der Waals surface area contributed by atoms with Gasteiger partial charge in [0.15, 0.2) is 11.5 Å². The maximum Gasteiger partial charge on any atom is 0.321 e. The Morgan fingerprint density at radius 3 is 2.58 bits per heavy atom. The highest BCUT2D eigenvalue weighted by molar-refractivity contribution is 5.74. The minimum Gasteiger partial charge on any atom is -0.480 e. The van der Waals surface area contributed by atoms with E-state index in [1.54, 1.807) is 12.1 Å². The Balaban J connectivity index is 1.25. The van der Waals surface area contributed by atoms with Gasteiger partial charge in [0.2, 0.25) is 6.79 Å². The van der Waals surface area contributed by atoms with Gasteiger partial charge >= 0.3 is 5.97 Å². The number of nitrogens with zero attached hydrogens (tertiary/aromatic N) is 3. The molecular weight excluding hydrogens is 569 g/mol. The fourth-order valence-corrected chi connectivity index (χ4v) is 7.45. The van der Waals surface area contributed by atoms with Gasteiger partial charge in [0.25, 0.3) is 0 Å². The summed E-state index contributed by atoms with van der Waals surface area (Å²) in [7, 11) is 2.17. The molecule has 45 heavy (non-hydrogen) atoms. The number of carbonyl (C=O) groups is 1. The van der Waals surface area contributed by atoms with Gasteiger partial charge in [-0.15, -0.1) is 0 Å². The van der Waals surface area contributed by atoms with E-state index in [1.807, 2.05) is 32.0 Å². The lowest BCUT2D eigenvalue weighted by atomic mass is 9.86. The van der Waals surface area contributed by atoms with Crippen molar-refractivity contribution in [2.75, 3.05) is 53.1 Å². The van der Waals surface area contributed by atoms with Gasteiger partial charge in [0, 0.05) is 50.8 Å². The molecule has 7 nitrogen and oxygen atoms in total. The molecule has 0 aliphatic carbocycles. The summed E-state index contributed by atoms with van der Waals surface area (Å²) in [5.41, 5.74) is 4.54. The molecule has 3 unspecified atom stereocenters. The van der Waals surface area contributed by atoms with Crippen LogP contribution in [0.2, 0.25) is 0 Å². The van der Waals surface area contributed by atoms with Crippen molar-refractivity contribution >= 4 is 5.97 Å². The zero-order valence-corrected chi connectivity index (χ0v) is 27.4. The molecule has 244 valence electrons. The van der Waals surface area contributed by atoms with E-state index in [0.717, 1.165) is 80.1 Å². The molecule has 3 aliphatic heterocycles. The van der Waals surface area contributed by atoms with Crippen LogP contribution in [0.5, 0.6) is 11.5 Å². The molecule has 0 saturated carbocycles. The van der Waals surface area contributed by atoms with Gasteiger partial charge in [0.1, 0.15) is 11.9 Å². The van der Waals surface area contributed by atoms with Crippen LogP contribution in [0.15, 0.2) is 66.4 Å². The highest BCUT2D eigenvalue weighted by Crippen LogP contribution is 2.38. The van der Waals surface area contributed by atoms with Crippen molar-refractivity contribution in [2.45, 2.75) is 58.4 Å². The van der Waals surface area contributed by atoms with Crippen molar-refractivity contribution < 1.29 is 23.8 Å². The first kappa shape index (κ1) is 33.0. The van der Waals surface area contributed by atoms with Crippen molar-refractivity contribution in [1.29, 1.82) is 0 Å². The van der Waals surface area contributed by atoms with Crippen molar-refractivity contribution in [3.05, 3.63) is 83.3 Å². The van der Waals surface area contributed by atoms with Gasteiger partial charge in [-0.1, -0.05) is 45.0 Å². The SMILES string of the molecule is C=C(/C=C(/C1CCN(C[C@H]2CN(C(C(=O)O)C(C)CC)CC2c2cccc(F)c2)CC1)N(C)CC)Cc1ccc2c(c1)OCO2. The number of carboxylic acid groups (broad SMARTS) is 1. The quantitative estimate of drug-likeness (QED) is 0.260. The molecule has 5 rings (SSSR count). The Bertz CT molecular complexity index is 1370. The number of allylic oxidation sites excluding steroid dienone is 3. The lowest BCUT2D eigenvalue weighted by molar-refractivity contribution is -0.145. The first-order valence-electron chi connectivity index (χ1n) is 16.6. The Morgan fingerprint density at radius 2 is 1.89 bits per heavy atom. The minimum atomic E-state index is -0.761. The summed E-state index contributed by atoms with van der Waals surface area (Å²) in [6.07, 6.45) is 5.95. The number of rotatable bonds is 13. The average molecular weight is 620 g/mol. The van der Waals surface area contributed by atoms with Crippen LogP contribution in [0.4, 0.5) is 4.39 Å². The lowest BCUT2D eigenvalue weighted by Crippen LogP contribution is -2.45. The van der Waals surface area contributed by atoms with E-state index < -0.39 is 12.0 Å². The predicted molar refractivity (Wildman–Crippen MR) is 176 cm³/mol. The van der Waals surface area contributed by atoms with Crippen molar-refractivity contribution in [3.8, 4) is 11.5 Å². The van der Waals surface area contributed by atoms with Crippen molar-refractivity contribution in [1.82, 2.24) is 14.7 Å². The van der Waals surface area contributed by atoms with E-state index in [4.69, 9.17) is 9.47 Å². The number of piperidine rings is 1. The van der Waals surface area contributed by atoms with Crippen LogP contribution in [0.3, 0.4) is 0 Å². The van der Waals surface area contributed by atoms with Crippen LogP contribution in [0, 0.1) is 23.6 Å². The molecule has 0 amide bonds. The fraction of sp³-hybridized carbons (Fsp3) is 0.541. The Hall–Kier alpha value is -3.36. The monoisotopic (exact) mass is 619 g/mol. The number of hydrogen-bond acceptors (Lipinski definition) is 6. The van der Waals surface area contributed by atoms with Crippen molar-refractivity contribution in [3.63, 3.8) is 0 Å². The number of benzene rings is 2. The van der Waals surface area contributed by atoms with E-state index >= 15 is 0 Å². The van der Waals surface area contributed by atoms with E-state index in [1.165, 1.54) is 11.8 Å². The van der Waals surface area contributed by atoms with Crippen LogP contribution in [0.25, 0.3) is 0 Å². The maximum atomic E-state index is 14.3. The number of hydrogen-bond donors (Lipinski definition) is 1. The highest BCUT2D eigenvalue weighted by Gasteiger charge is 2.42. The molecule has 4 atom stereocenters. The first-order chi connectivity index (χ1) is 21.7. The smallest absolute Gasteiger partial charge is 0.321 e. The Kier molecular flexibility index (Phi) is 10.9. The minimum absolute atomic E-state index is 0.0470. The number of likely N-dealkylation sites (tertiary alicyclic amines) is 2. The van der Waals surface area contributed by atoms with Gasteiger partial charge in [-0.05, 0) is 98.2 Å². The van der Waals surface area contributed by atoms with Gasteiger partial charge < -0.3 is 24.4 Å². The van der Waals surface area contributed by atoms with E-state index in [0.29, 0.717) is 19.0 Å². The van der Waals surface area contributed by atoms with Gasteiger partial charge in [-0.25, -0.2) is 4.39 Å². The zero-order chi connectivity index (χ0) is 32.1. The molecule has 1 N–H and O–H groups in total.